The minimum atomic E-state index is -0.713. The zero-order valence-electron chi connectivity index (χ0n) is 15.1. The number of amides is 2. The number of hydrogen-bond donors (Lipinski definition) is 2. The summed E-state index contributed by atoms with van der Waals surface area (Å²) < 4.78 is 11.8. The zero-order chi connectivity index (χ0) is 18.7. The lowest BCUT2D eigenvalue weighted by Crippen LogP contribution is -2.52. The van der Waals surface area contributed by atoms with E-state index in [0.29, 0.717) is 17.3 Å². The highest BCUT2D eigenvalue weighted by Gasteiger charge is 2.38. The molecule has 1 fully saturated rings. The highest BCUT2D eigenvalue weighted by atomic mass is 35.5. The fraction of sp³-hybridized carbons (Fsp3) is 0.350. The number of nitrogens with one attached hydrogen (secondary N) is 2. The maximum Gasteiger partial charge on any atom is 0.319 e. The van der Waals surface area contributed by atoms with Crippen LogP contribution >= 0.6 is 11.6 Å². The third-order valence-corrected chi connectivity index (χ3v) is 4.53. The Bertz CT molecular complexity index is 780. The molecule has 0 radical (unpaired) electrons. The number of aryl methyl sites for hydroxylation is 1. The molecule has 6 heteroatoms. The van der Waals surface area contributed by atoms with E-state index in [9.17, 15) is 4.79 Å². The largest absolute Gasteiger partial charge is 0.348 e. The second kappa shape index (κ2) is 7.66. The Hall–Kier alpha value is -2.08. The summed E-state index contributed by atoms with van der Waals surface area (Å²) in [5, 5.41) is 6.23. The van der Waals surface area contributed by atoms with Gasteiger partial charge in [0, 0.05) is 0 Å². The van der Waals surface area contributed by atoms with Gasteiger partial charge in [0.05, 0.1) is 23.4 Å². The molecule has 1 aliphatic rings. The molecule has 0 spiro atoms. The van der Waals surface area contributed by atoms with Crippen molar-refractivity contribution in [2.75, 3.05) is 11.9 Å². The van der Waals surface area contributed by atoms with Gasteiger partial charge in [0.1, 0.15) is 6.10 Å². The molecule has 0 aromatic heterocycles. The normalized spacial score (nSPS) is 21.8. The predicted molar refractivity (Wildman–Crippen MR) is 102 cm³/mol. The van der Waals surface area contributed by atoms with E-state index in [4.69, 9.17) is 21.1 Å². The van der Waals surface area contributed by atoms with Crippen molar-refractivity contribution >= 4 is 23.3 Å². The van der Waals surface area contributed by atoms with Gasteiger partial charge in [-0.05, 0) is 44.0 Å². The van der Waals surface area contributed by atoms with Gasteiger partial charge in [-0.1, -0.05) is 48.0 Å². The molecule has 5 nitrogen and oxygen atoms in total. The summed E-state index contributed by atoms with van der Waals surface area (Å²) in [6.07, 6.45) is -0.307. The number of carbonyl (C=O) groups excluding carboxylic acids is 1. The molecule has 0 aliphatic carbocycles. The first-order chi connectivity index (χ1) is 12.3. The topological polar surface area (TPSA) is 59.6 Å². The van der Waals surface area contributed by atoms with Crippen molar-refractivity contribution in [3.63, 3.8) is 0 Å². The highest BCUT2D eigenvalue weighted by Crippen LogP contribution is 2.33. The molecule has 0 saturated carbocycles. The quantitative estimate of drug-likeness (QED) is 0.821. The Morgan fingerprint density at radius 2 is 1.92 bits per heavy atom. The Morgan fingerprint density at radius 1 is 1.19 bits per heavy atom. The number of hydrogen-bond acceptors (Lipinski definition) is 3. The van der Waals surface area contributed by atoms with Crippen molar-refractivity contribution in [3.05, 3.63) is 64.7 Å². The van der Waals surface area contributed by atoms with Gasteiger partial charge in [-0.3, -0.25) is 0 Å². The SMILES string of the molecule is Cc1ccc(Cl)c(NC(=O)N[C@H]2COC(C)(C)O[C@H]2c2ccccc2)c1. The fourth-order valence-electron chi connectivity index (χ4n) is 2.92. The Balaban J connectivity index is 1.74. The summed E-state index contributed by atoms with van der Waals surface area (Å²) in [5.74, 6) is -0.713. The smallest absolute Gasteiger partial charge is 0.319 e. The first-order valence-corrected chi connectivity index (χ1v) is 8.92. The first-order valence-electron chi connectivity index (χ1n) is 8.54. The molecule has 2 atom stereocenters. The summed E-state index contributed by atoms with van der Waals surface area (Å²) in [7, 11) is 0. The van der Waals surface area contributed by atoms with Gasteiger partial charge < -0.3 is 20.1 Å². The van der Waals surface area contributed by atoms with Crippen molar-refractivity contribution in [1.82, 2.24) is 5.32 Å². The number of ether oxygens (including phenoxy) is 2. The lowest BCUT2D eigenvalue weighted by atomic mass is 10.0. The van der Waals surface area contributed by atoms with Crippen molar-refractivity contribution in [1.29, 1.82) is 0 Å². The molecule has 0 unspecified atom stereocenters. The fourth-order valence-corrected chi connectivity index (χ4v) is 3.09. The highest BCUT2D eigenvalue weighted by molar-refractivity contribution is 6.33. The molecule has 2 N–H and O–H groups in total. The van der Waals surface area contributed by atoms with Crippen LogP contribution in [0.4, 0.5) is 10.5 Å². The van der Waals surface area contributed by atoms with Crippen LogP contribution in [-0.4, -0.2) is 24.5 Å². The van der Waals surface area contributed by atoms with Crippen molar-refractivity contribution in [2.24, 2.45) is 0 Å². The Kier molecular flexibility index (Phi) is 5.51. The van der Waals surface area contributed by atoms with Crippen molar-refractivity contribution in [3.8, 4) is 0 Å². The number of urea groups is 1. The number of anilines is 1. The Morgan fingerprint density at radius 3 is 2.65 bits per heavy atom. The second-order valence-electron chi connectivity index (χ2n) is 6.85. The van der Waals surface area contributed by atoms with E-state index >= 15 is 0 Å². The van der Waals surface area contributed by atoms with Crippen LogP contribution < -0.4 is 10.6 Å². The standard InChI is InChI=1S/C20H23ClN2O3/c1-13-9-10-15(21)16(11-13)22-19(24)23-17-12-25-20(2,3)26-18(17)14-7-5-4-6-8-14/h4-11,17-18H,12H2,1-3H3,(H2,22,23,24)/t17-,18-/m0/s1. The van der Waals surface area contributed by atoms with Crippen LogP contribution in [0.2, 0.25) is 5.02 Å². The number of carbonyl (C=O) groups is 1. The third-order valence-electron chi connectivity index (χ3n) is 4.20. The van der Waals surface area contributed by atoms with E-state index in [-0.39, 0.29) is 18.2 Å². The molecule has 138 valence electrons. The van der Waals surface area contributed by atoms with E-state index in [2.05, 4.69) is 10.6 Å². The van der Waals surface area contributed by atoms with E-state index in [1.54, 1.807) is 6.07 Å². The van der Waals surface area contributed by atoms with E-state index < -0.39 is 5.79 Å². The number of halogens is 1. The zero-order valence-corrected chi connectivity index (χ0v) is 15.8. The van der Waals surface area contributed by atoms with Crippen molar-refractivity contribution in [2.45, 2.75) is 38.7 Å². The van der Waals surface area contributed by atoms with Gasteiger partial charge in [-0.25, -0.2) is 4.79 Å². The summed E-state index contributed by atoms with van der Waals surface area (Å²) in [5.41, 5.74) is 2.57. The van der Waals surface area contributed by atoms with Crippen molar-refractivity contribution < 1.29 is 14.3 Å². The molecule has 0 bridgehead atoms. The van der Waals surface area contributed by atoms with Gasteiger partial charge in [0.15, 0.2) is 5.79 Å². The summed E-state index contributed by atoms with van der Waals surface area (Å²) in [6, 6.07) is 14.6. The molecule has 26 heavy (non-hydrogen) atoms. The lowest BCUT2D eigenvalue weighted by Gasteiger charge is -2.41. The van der Waals surface area contributed by atoms with Crippen LogP contribution in [-0.2, 0) is 9.47 Å². The van der Waals surface area contributed by atoms with Gasteiger partial charge in [-0.15, -0.1) is 0 Å². The van der Waals surface area contributed by atoms with Crippen LogP contribution in [0.1, 0.15) is 31.1 Å². The van der Waals surface area contributed by atoms with Gasteiger partial charge in [0.25, 0.3) is 0 Å². The van der Waals surface area contributed by atoms with Crippen LogP contribution in [0.3, 0.4) is 0 Å². The average Bonchev–Trinajstić information content (AvgIpc) is 2.60. The lowest BCUT2D eigenvalue weighted by molar-refractivity contribution is -0.284. The van der Waals surface area contributed by atoms with Gasteiger partial charge in [-0.2, -0.15) is 0 Å². The molecular weight excluding hydrogens is 352 g/mol. The first kappa shape index (κ1) is 18.7. The molecule has 2 aromatic rings. The second-order valence-corrected chi connectivity index (χ2v) is 7.26. The monoisotopic (exact) mass is 374 g/mol. The van der Waals surface area contributed by atoms with E-state index in [0.717, 1.165) is 11.1 Å². The molecular formula is C20H23ClN2O3. The van der Waals surface area contributed by atoms with E-state index in [1.807, 2.05) is 63.2 Å². The molecule has 1 heterocycles. The minimum absolute atomic E-state index is 0.307. The van der Waals surface area contributed by atoms with Gasteiger partial charge >= 0.3 is 6.03 Å². The molecule has 2 amide bonds. The molecule has 1 saturated heterocycles. The summed E-state index contributed by atoms with van der Waals surface area (Å²) >= 11 is 6.15. The maximum atomic E-state index is 12.5. The average molecular weight is 375 g/mol. The summed E-state index contributed by atoms with van der Waals surface area (Å²) in [6.45, 7) is 6.02. The minimum Gasteiger partial charge on any atom is -0.348 e. The van der Waals surface area contributed by atoms with Crippen LogP contribution in [0.25, 0.3) is 0 Å². The maximum absolute atomic E-state index is 12.5. The summed E-state index contributed by atoms with van der Waals surface area (Å²) in [4.78, 5) is 12.5. The molecule has 2 aromatic carbocycles. The number of rotatable bonds is 3. The van der Waals surface area contributed by atoms with Gasteiger partial charge in [0.2, 0.25) is 0 Å². The third kappa shape index (κ3) is 4.55. The van der Waals surface area contributed by atoms with Crippen LogP contribution in [0.15, 0.2) is 48.5 Å². The molecule has 1 aliphatic heterocycles. The van der Waals surface area contributed by atoms with E-state index in [1.165, 1.54) is 0 Å². The van der Waals surface area contributed by atoms with Crippen LogP contribution in [0.5, 0.6) is 0 Å². The van der Waals surface area contributed by atoms with Crippen LogP contribution in [0, 0.1) is 6.92 Å². The Labute approximate surface area is 158 Å². The molecule has 3 rings (SSSR count). The number of benzene rings is 2. The predicted octanol–water partition coefficient (Wildman–Crippen LogP) is 4.66.